The SMILES string of the molecule is CCCNC(=O)c1ccccc1NC(=O)C=Cc1ccc(S(=O)(=O)N(CC)CC)cc1. The molecule has 0 saturated carbocycles. The molecule has 0 aliphatic carbocycles. The van der Waals surface area contributed by atoms with Crippen LogP contribution < -0.4 is 10.6 Å². The van der Waals surface area contributed by atoms with Crippen molar-refractivity contribution in [3.63, 3.8) is 0 Å². The standard InChI is InChI=1S/C23H29N3O4S/c1-4-17-24-23(28)20-9-7-8-10-21(20)25-22(27)16-13-18-11-14-19(15-12-18)31(29,30)26(5-2)6-3/h7-16H,4-6,17H2,1-3H3,(H,24,28)(H,25,27). The van der Waals surface area contributed by atoms with E-state index in [2.05, 4.69) is 10.6 Å². The van der Waals surface area contributed by atoms with Crippen molar-refractivity contribution in [1.29, 1.82) is 0 Å². The molecule has 0 spiro atoms. The molecule has 0 aliphatic heterocycles. The molecule has 2 amide bonds. The number of amides is 2. The van der Waals surface area contributed by atoms with Gasteiger partial charge in [0.25, 0.3) is 5.91 Å². The second-order valence-electron chi connectivity index (χ2n) is 6.78. The van der Waals surface area contributed by atoms with Crippen molar-refractivity contribution in [3.8, 4) is 0 Å². The fourth-order valence-corrected chi connectivity index (χ4v) is 4.39. The van der Waals surface area contributed by atoms with Crippen molar-refractivity contribution in [1.82, 2.24) is 9.62 Å². The maximum Gasteiger partial charge on any atom is 0.253 e. The van der Waals surface area contributed by atoms with E-state index in [0.717, 1.165) is 6.42 Å². The highest BCUT2D eigenvalue weighted by molar-refractivity contribution is 7.89. The minimum Gasteiger partial charge on any atom is -0.352 e. The normalized spacial score (nSPS) is 11.6. The number of sulfonamides is 1. The minimum atomic E-state index is -3.52. The van der Waals surface area contributed by atoms with Crippen molar-refractivity contribution < 1.29 is 18.0 Å². The van der Waals surface area contributed by atoms with Gasteiger partial charge in [0.05, 0.1) is 16.1 Å². The first-order valence-corrected chi connectivity index (χ1v) is 11.7. The summed E-state index contributed by atoms with van der Waals surface area (Å²) >= 11 is 0. The van der Waals surface area contributed by atoms with Crippen molar-refractivity contribution in [2.24, 2.45) is 0 Å². The number of benzene rings is 2. The number of carbonyl (C=O) groups is 2. The summed E-state index contributed by atoms with van der Waals surface area (Å²) in [5.41, 5.74) is 1.50. The summed E-state index contributed by atoms with van der Waals surface area (Å²) in [6.45, 7) is 6.91. The Bertz CT molecular complexity index is 1030. The van der Waals surface area contributed by atoms with E-state index in [4.69, 9.17) is 0 Å². The maximum atomic E-state index is 12.5. The number of hydrogen-bond acceptors (Lipinski definition) is 4. The third-order valence-corrected chi connectivity index (χ3v) is 6.68. The molecule has 2 aromatic carbocycles. The Morgan fingerprint density at radius 1 is 0.968 bits per heavy atom. The van der Waals surface area contributed by atoms with E-state index in [1.165, 1.54) is 22.5 Å². The number of carbonyl (C=O) groups excluding carboxylic acids is 2. The predicted molar refractivity (Wildman–Crippen MR) is 123 cm³/mol. The number of nitrogens with zero attached hydrogens (tertiary/aromatic N) is 1. The van der Waals surface area contributed by atoms with Gasteiger partial charge in [-0.2, -0.15) is 4.31 Å². The van der Waals surface area contributed by atoms with E-state index in [-0.39, 0.29) is 10.8 Å². The van der Waals surface area contributed by atoms with Gasteiger partial charge in [0.2, 0.25) is 15.9 Å². The van der Waals surface area contributed by atoms with E-state index in [1.54, 1.807) is 56.3 Å². The van der Waals surface area contributed by atoms with E-state index in [0.29, 0.717) is 36.4 Å². The molecule has 0 atom stereocenters. The summed E-state index contributed by atoms with van der Waals surface area (Å²) in [4.78, 5) is 24.8. The van der Waals surface area contributed by atoms with Crippen LogP contribution in [0.2, 0.25) is 0 Å². The number of anilines is 1. The second-order valence-corrected chi connectivity index (χ2v) is 8.72. The fourth-order valence-electron chi connectivity index (χ4n) is 2.93. The molecule has 7 nitrogen and oxygen atoms in total. The molecule has 2 aromatic rings. The highest BCUT2D eigenvalue weighted by Crippen LogP contribution is 2.18. The van der Waals surface area contributed by atoms with Crippen LogP contribution in [0.3, 0.4) is 0 Å². The van der Waals surface area contributed by atoms with Crippen molar-refractivity contribution >= 4 is 33.6 Å². The van der Waals surface area contributed by atoms with Crippen molar-refractivity contribution in [2.75, 3.05) is 25.0 Å². The average molecular weight is 444 g/mol. The molecule has 0 aromatic heterocycles. The smallest absolute Gasteiger partial charge is 0.253 e. The number of nitrogens with one attached hydrogen (secondary N) is 2. The van der Waals surface area contributed by atoms with Gasteiger partial charge in [0.15, 0.2) is 0 Å². The van der Waals surface area contributed by atoms with Crippen LogP contribution in [0, 0.1) is 0 Å². The van der Waals surface area contributed by atoms with Gasteiger partial charge in [-0.25, -0.2) is 8.42 Å². The molecular formula is C23H29N3O4S. The van der Waals surface area contributed by atoms with Crippen LogP contribution in [0.4, 0.5) is 5.69 Å². The Hall–Kier alpha value is -2.97. The van der Waals surface area contributed by atoms with Gasteiger partial charge in [0, 0.05) is 25.7 Å². The van der Waals surface area contributed by atoms with Crippen LogP contribution in [0.1, 0.15) is 43.1 Å². The topological polar surface area (TPSA) is 95.6 Å². The Morgan fingerprint density at radius 3 is 2.23 bits per heavy atom. The third-order valence-electron chi connectivity index (χ3n) is 4.62. The molecule has 0 saturated heterocycles. The van der Waals surface area contributed by atoms with Crippen LogP contribution >= 0.6 is 0 Å². The monoisotopic (exact) mass is 443 g/mol. The molecule has 166 valence electrons. The molecule has 0 aliphatic rings. The summed E-state index contributed by atoms with van der Waals surface area (Å²) < 4.78 is 26.5. The van der Waals surface area contributed by atoms with Crippen molar-refractivity contribution in [2.45, 2.75) is 32.1 Å². The van der Waals surface area contributed by atoms with E-state index in [1.807, 2.05) is 6.92 Å². The number of rotatable bonds is 10. The first kappa shape index (κ1) is 24.3. The Kier molecular flexibility index (Phi) is 8.96. The largest absolute Gasteiger partial charge is 0.352 e. The Balaban J connectivity index is 2.09. The van der Waals surface area contributed by atoms with E-state index in [9.17, 15) is 18.0 Å². The summed E-state index contributed by atoms with van der Waals surface area (Å²) in [5.74, 6) is -0.637. The number of para-hydroxylation sites is 1. The molecule has 2 N–H and O–H groups in total. The van der Waals surface area contributed by atoms with Crippen LogP contribution in [0.25, 0.3) is 6.08 Å². The maximum absolute atomic E-state index is 12.5. The highest BCUT2D eigenvalue weighted by atomic mass is 32.2. The number of hydrogen-bond donors (Lipinski definition) is 2. The Morgan fingerprint density at radius 2 is 1.61 bits per heavy atom. The van der Waals surface area contributed by atoms with Gasteiger partial charge in [-0.1, -0.05) is 45.0 Å². The fraction of sp³-hybridized carbons (Fsp3) is 0.304. The lowest BCUT2D eigenvalue weighted by Crippen LogP contribution is -2.30. The van der Waals surface area contributed by atoms with Crippen LogP contribution in [0.15, 0.2) is 59.5 Å². The van der Waals surface area contributed by atoms with Gasteiger partial charge in [-0.05, 0) is 42.3 Å². The molecule has 0 radical (unpaired) electrons. The lowest BCUT2D eigenvalue weighted by atomic mass is 10.1. The molecule has 8 heteroatoms. The van der Waals surface area contributed by atoms with Crippen LogP contribution in [-0.2, 0) is 14.8 Å². The summed E-state index contributed by atoms with van der Waals surface area (Å²) in [7, 11) is -3.52. The third kappa shape index (κ3) is 6.50. The molecule has 0 heterocycles. The molecule has 0 unspecified atom stereocenters. The zero-order valence-corrected chi connectivity index (χ0v) is 18.9. The van der Waals surface area contributed by atoms with Gasteiger partial charge in [-0.3, -0.25) is 9.59 Å². The van der Waals surface area contributed by atoms with Gasteiger partial charge in [-0.15, -0.1) is 0 Å². The van der Waals surface area contributed by atoms with E-state index < -0.39 is 15.9 Å². The van der Waals surface area contributed by atoms with Crippen molar-refractivity contribution in [3.05, 3.63) is 65.7 Å². The summed E-state index contributed by atoms with van der Waals surface area (Å²) in [6, 6.07) is 13.1. The summed E-state index contributed by atoms with van der Waals surface area (Å²) in [5, 5.41) is 5.51. The molecule has 0 fully saturated rings. The second kappa shape index (κ2) is 11.4. The first-order chi connectivity index (χ1) is 14.8. The molecule has 0 bridgehead atoms. The lowest BCUT2D eigenvalue weighted by molar-refractivity contribution is -0.111. The quantitative estimate of drug-likeness (QED) is 0.549. The molecular weight excluding hydrogens is 414 g/mol. The zero-order chi connectivity index (χ0) is 22.9. The average Bonchev–Trinajstić information content (AvgIpc) is 2.77. The van der Waals surface area contributed by atoms with Crippen LogP contribution in [0.5, 0.6) is 0 Å². The lowest BCUT2D eigenvalue weighted by Gasteiger charge is -2.18. The highest BCUT2D eigenvalue weighted by Gasteiger charge is 2.21. The zero-order valence-electron chi connectivity index (χ0n) is 18.1. The summed E-state index contributed by atoms with van der Waals surface area (Å²) in [6.07, 6.45) is 3.75. The van der Waals surface area contributed by atoms with Gasteiger partial charge < -0.3 is 10.6 Å². The van der Waals surface area contributed by atoms with Gasteiger partial charge in [0.1, 0.15) is 0 Å². The Labute approximate surface area is 184 Å². The van der Waals surface area contributed by atoms with E-state index >= 15 is 0 Å². The van der Waals surface area contributed by atoms with Crippen LogP contribution in [-0.4, -0.2) is 44.2 Å². The molecule has 31 heavy (non-hydrogen) atoms. The first-order valence-electron chi connectivity index (χ1n) is 10.3. The molecule has 2 rings (SSSR count). The predicted octanol–water partition coefficient (Wildman–Crippen LogP) is 3.51. The van der Waals surface area contributed by atoms with Gasteiger partial charge >= 0.3 is 0 Å². The minimum absolute atomic E-state index is 0.213.